The van der Waals surface area contributed by atoms with Gasteiger partial charge in [-0.15, -0.1) is 10.2 Å². The van der Waals surface area contributed by atoms with Gasteiger partial charge in [-0.25, -0.2) is 13.1 Å². The molecule has 1 atom stereocenters. The lowest BCUT2D eigenvalue weighted by Crippen LogP contribution is -2.29. The van der Waals surface area contributed by atoms with E-state index in [9.17, 15) is 8.42 Å². The maximum atomic E-state index is 12.9. The van der Waals surface area contributed by atoms with Gasteiger partial charge in [-0.05, 0) is 57.4 Å². The van der Waals surface area contributed by atoms with Crippen LogP contribution in [0, 0.1) is 6.92 Å². The first-order valence-corrected chi connectivity index (χ1v) is 10.6. The van der Waals surface area contributed by atoms with Gasteiger partial charge in [0.2, 0.25) is 10.0 Å². The van der Waals surface area contributed by atoms with Gasteiger partial charge in [0.1, 0.15) is 11.6 Å². The largest absolute Gasteiger partial charge is 0.494 e. The van der Waals surface area contributed by atoms with Crippen molar-refractivity contribution in [1.29, 1.82) is 0 Å². The van der Waals surface area contributed by atoms with Crippen LogP contribution in [-0.4, -0.2) is 29.8 Å². The van der Waals surface area contributed by atoms with Crippen molar-refractivity contribution >= 4 is 10.0 Å². The maximum Gasteiger partial charge on any atom is 0.241 e. The van der Waals surface area contributed by atoms with Gasteiger partial charge in [0.05, 0.1) is 17.5 Å². The molecule has 0 saturated carbocycles. The number of ether oxygens (including phenoxy) is 1. The number of aromatic nitrogens is 3. The molecule has 1 aliphatic heterocycles. The van der Waals surface area contributed by atoms with Crippen LogP contribution < -0.4 is 9.46 Å². The predicted octanol–water partition coefficient (Wildman–Crippen LogP) is 2.75. The van der Waals surface area contributed by atoms with Crippen LogP contribution in [0.5, 0.6) is 5.75 Å². The van der Waals surface area contributed by atoms with Crippen LogP contribution in [0.2, 0.25) is 0 Å². The van der Waals surface area contributed by atoms with E-state index in [0.29, 0.717) is 23.7 Å². The van der Waals surface area contributed by atoms with Crippen molar-refractivity contribution < 1.29 is 13.2 Å². The molecule has 0 fully saturated rings. The summed E-state index contributed by atoms with van der Waals surface area (Å²) >= 11 is 0. The van der Waals surface area contributed by atoms with Crippen molar-refractivity contribution in [3.8, 4) is 5.75 Å². The lowest BCUT2D eigenvalue weighted by atomic mass is 10.2. The van der Waals surface area contributed by atoms with Gasteiger partial charge < -0.3 is 9.30 Å². The Kier molecular flexibility index (Phi) is 5.62. The highest BCUT2D eigenvalue weighted by atomic mass is 32.2. The average Bonchev–Trinajstić information content (AvgIpc) is 2.84. The molecule has 2 aromatic rings. The van der Waals surface area contributed by atoms with Crippen molar-refractivity contribution in [1.82, 2.24) is 19.5 Å². The third kappa shape index (κ3) is 3.91. The number of rotatable bonds is 6. The fraction of sp³-hybridized carbons (Fsp3) is 0.556. The monoisotopic (exact) mass is 378 g/mol. The van der Waals surface area contributed by atoms with E-state index in [0.717, 1.165) is 38.1 Å². The zero-order valence-electron chi connectivity index (χ0n) is 15.5. The van der Waals surface area contributed by atoms with Crippen molar-refractivity contribution in [3.05, 3.63) is 35.4 Å². The van der Waals surface area contributed by atoms with Gasteiger partial charge >= 0.3 is 0 Å². The first kappa shape index (κ1) is 18.8. The summed E-state index contributed by atoms with van der Waals surface area (Å²) in [4.78, 5) is 0.253. The Labute approximate surface area is 154 Å². The normalized spacial score (nSPS) is 16.0. The van der Waals surface area contributed by atoms with Gasteiger partial charge in [0.15, 0.2) is 5.82 Å². The number of hydrogen-bond acceptors (Lipinski definition) is 5. The number of fused-ring (bicyclic) bond motifs is 1. The second-order valence-electron chi connectivity index (χ2n) is 6.64. The summed E-state index contributed by atoms with van der Waals surface area (Å²) in [6, 6.07) is 4.55. The number of aryl methyl sites for hydroxylation is 2. The molecular formula is C18H26N4O3S. The number of hydrogen-bond donors (Lipinski definition) is 1. The Morgan fingerprint density at radius 3 is 2.81 bits per heavy atom. The summed E-state index contributed by atoms with van der Waals surface area (Å²) in [7, 11) is -3.67. The van der Waals surface area contributed by atoms with Gasteiger partial charge in [-0.1, -0.05) is 6.42 Å². The molecule has 0 spiro atoms. The predicted molar refractivity (Wildman–Crippen MR) is 98.7 cm³/mol. The molecule has 1 aromatic heterocycles. The molecule has 1 aromatic carbocycles. The fourth-order valence-corrected chi connectivity index (χ4v) is 4.78. The van der Waals surface area contributed by atoms with E-state index >= 15 is 0 Å². The summed E-state index contributed by atoms with van der Waals surface area (Å²) in [6.07, 6.45) is 4.22. The summed E-state index contributed by atoms with van der Waals surface area (Å²) in [5.41, 5.74) is 0.649. The van der Waals surface area contributed by atoms with Crippen molar-refractivity contribution in [2.45, 2.75) is 63.9 Å². The summed E-state index contributed by atoms with van der Waals surface area (Å²) in [6.45, 7) is 6.85. The minimum absolute atomic E-state index is 0.253. The lowest BCUT2D eigenvalue weighted by molar-refractivity contribution is 0.339. The van der Waals surface area contributed by atoms with E-state index in [1.54, 1.807) is 25.1 Å². The van der Waals surface area contributed by atoms with Crippen molar-refractivity contribution in [2.24, 2.45) is 0 Å². The number of benzene rings is 1. The molecule has 0 radical (unpaired) electrons. The molecule has 1 N–H and O–H groups in total. The smallest absolute Gasteiger partial charge is 0.241 e. The Balaban J connectivity index is 1.82. The van der Waals surface area contributed by atoms with Crippen LogP contribution >= 0.6 is 0 Å². The quantitative estimate of drug-likeness (QED) is 0.835. The highest BCUT2D eigenvalue weighted by molar-refractivity contribution is 7.89. The maximum absolute atomic E-state index is 12.9. The first-order chi connectivity index (χ1) is 12.4. The third-order valence-electron chi connectivity index (χ3n) is 4.60. The molecule has 8 heteroatoms. The van der Waals surface area contributed by atoms with Crippen LogP contribution in [-0.2, 0) is 23.0 Å². The van der Waals surface area contributed by atoms with Gasteiger partial charge in [0, 0.05) is 13.0 Å². The average molecular weight is 378 g/mol. The van der Waals surface area contributed by atoms with Gasteiger partial charge in [-0.2, -0.15) is 0 Å². The minimum Gasteiger partial charge on any atom is -0.494 e. The number of nitrogens with one attached hydrogen (secondary N) is 1. The Morgan fingerprint density at radius 2 is 2.08 bits per heavy atom. The molecule has 0 unspecified atom stereocenters. The molecule has 7 nitrogen and oxygen atoms in total. The molecular weight excluding hydrogens is 352 g/mol. The van der Waals surface area contributed by atoms with Crippen LogP contribution in [0.25, 0.3) is 0 Å². The van der Waals surface area contributed by atoms with E-state index in [2.05, 4.69) is 19.5 Å². The second kappa shape index (κ2) is 7.75. The van der Waals surface area contributed by atoms with Gasteiger partial charge in [0.25, 0.3) is 0 Å². The van der Waals surface area contributed by atoms with Crippen LogP contribution in [0.15, 0.2) is 23.1 Å². The lowest BCUT2D eigenvalue weighted by Gasteiger charge is -2.17. The van der Waals surface area contributed by atoms with E-state index in [1.165, 1.54) is 0 Å². The van der Waals surface area contributed by atoms with Crippen LogP contribution in [0.1, 0.15) is 56.4 Å². The van der Waals surface area contributed by atoms with Crippen molar-refractivity contribution in [2.75, 3.05) is 6.61 Å². The van der Waals surface area contributed by atoms with E-state index in [4.69, 9.17) is 4.74 Å². The number of nitrogens with zero attached hydrogens (tertiary/aromatic N) is 3. The van der Waals surface area contributed by atoms with E-state index < -0.39 is 16.1 Å². The first-order valence-electron chi connectivity index (χ1n) is 9.10. The molecule has 26 heavy (non-hydrogen) atoms. The number of sulfonamides is 1. The van der Waals surface area contributed by atoms with Gasteiger partial charge in [-0.3, -0.25) is 0 Å². The highest BCUT2D eigenvalue weighted by Crippen LogP contribution is 2.24. The molecule has 142 valence electrons. The third-order valence-corrected chi connectivity index (χ3v) is 6.31. The SMILES string of the molecule is CCOc1ccc(S(=O)(=O)N[C@@H](C)c2nnc3n2CCCCC3)c(C)c1. The summed E-state index contributed by atoms with van der Waals surface area (Å²) in [5.74, 6) is 2.29. The molecule has 0 aliphatic carbocycles. The Bertz CT molecular complexity index is 877. The van der Waals surface area contributed by atoms with E-state index in [1.807, 2.05) is 13.8 Å². The standard InChI is InChI=1S/C18H26N4O3S/c1-4-25-15-9-10-16(13(2)12-15)26(23,24)21-14(3)18-20-19-17-8-6-5-7-11-22(17)18/h9-10,12,14,21H,4-8,11H2,1-3H3/t14-/m0/s1. The summed E-state index contributed by atoms with van der Waals surface area (Å²) < 4.78 is 35.9. The molecule has 0 bridgehead atoms. The molecule has 0 saturated heterocycles. The Hall–Kier alpha value is -1.93. The van der Waals surface area contributed by atoms with Crippen LogP contribution in [0.4, 0.5) is 0 Å². The van der Waals surface area contributed by atoms with E-state index in [-0.39, 0.29) is 4.90 Å². The second-order valence-corrected chi connectivity index (χ2v) is 8.32. The van der Waals surface area contributed by atoms with Crippen LogP contribution in [0.3, 0.4) is 0 Å². The zero-order chi connectivity index (χ0) is 18.7. The molecule has 1 aliphatic rings. The summed E-state index contributed by atoms with van der Waals surface area (Å²) in [5, 5.41) is 8.50. The molecule has 0 amide bonds. The highest BCUT2D eigenvalue weighted by Gasteiger charge is 2.25. The molecule has 3 rings (SSSR count). The Morgan fingerprint density at radius 1 is 1.27 bits per heavy atom. The topological polar surface area (TPSA) is 86.1 Å². The zero-order valence-corrected chi connectivity index (χ0v) is 16.3. The van der Waals surface area contributed by atoms with Crippen molar-refractivity contribution in [3.63, 3.8) is 0 Å². The molecule has 2 heterocycles. The minimum atomic E-state index is -3.67. The fourth-order valence-electron chi connectivity index (χ4n) is 3.36.